The number of ether oxygens (including phenoxy) is 2. The number of carbonyl (C=O) groups excluding carboxylic acids is 8. The van der Waals surface area contributed by atoms with Crippen LogP contribution in [0, 0.1) is 10.8 Å². The molecule has 0 saturated heterocycles. The van der Waals surface area contributed by atoms with E-state index in [1.54, 1.807) is 78.9 Å². The topological polar surface area (TPSA) is 450 Å². The molecule has 93 heavy (non-hydrogen) atoms. The summed E-state index contributed by atoms with van der Waals surface area (Å²) in [6, 6.07) is 27.6. The van der Waals surface area contributed by atoms with Gasteiger partial charge in [-0.15, -0.1) is 0 Å². The third-order valence-electron chi connectivity index (χ3n) is 14.6. The first kappa shape index (κ1) is 75.4. The lowest BCUT2D eigenvalue weighted by Gasteiger charge is -2.23. The largest absolute Gasteiger partial charge is 0.394 e. The van der Waals surface area contributed by atoms with Crippen LogP contribution in [-0.4, -0.2) is 167 Å². The summed E-state index contributed by atoms with van der Waals surface area (Å²) in [5.74, 6) is -3.95. The van der Waals surface area contributed by atoms with E-state index in [2.05, 4.69) is 52.0 Å². The van der Waals surface area contributed by atoms with Crippen molar-refractivity contribution in [3.05, 3.63) is 143 Å². The van der Waals surface area contributed by atoms with E-state index in [0.29, 0.717) is 53.7 Å². The molecule has 0 spiro atoms. The SMILES string of the molecule is N=C(N)c1ccc(CNC(=O)[C@H](CCCCNC(=O)CCC(=O)NCCOCCOCCNC(=O)CCC(=O)NCCCC[C@H](NC(=O)C2(NSCc3ccccc3)CC2O)C(=O)NCc2ccc(C(=N)N)cc2)NC(=O)[C@@H](CO)NS(=O)(=O)Cc2ccccc2)cc1. The van der Waals surface area contributed by atoms with E-state index in [1.165, 1.54) is 11.9 Å². The molecule has 0 radical (unpaired) electrons. The van der Waals surface area contributed by atoms with Crippen molar-refractivity contribution < 1.29 is 66.5 Å². The first-order valence-corrected chi connectivity index (χ1v) is 33.3. The Hall–Kier alpha value is -8.36. The molecule has 506 valence electrons. The minimum Gasteiger partial charge on any atom is -0.394 e. The summed E-state index contributed by atoms with van der Waals surface area (Å²) in [5, 5.41) is 57.6. The Bertz CT molecular complexity index is 3190. The van der Waals surface area contributed by atoms with Crippen molar-refractivity contribution in [2.45, 2.75) is 125 Å². The molecule has 8 amide bonds. The number of carbonyl (C=O) groups is 8. The van der Waals surface area contributed by atoms with Crippen molar-refractivity contribution in [3.8, 4) is 0 Å². The maximum atomic E-state index is 13.6. The van der Waals surface area contributed by atoms with E-state index in [4.69, 9.17) is 31.8 Å². The molecular weight excluding hydrogens is 1240 g/mol. The Morgan fingerprint density at radius 3 is 1.38 bits per heavy atom. The monoisotopic (exact) mass is 1330 g/mol. The highest BCUT2D eigenvalue weighted by molar-refractivity contribution is 7.96. The zero-order valence-electron chi connectivity index (χ0n) is 51.9. The molecule has 28 nitrogen and oxygen atoms in total. The molecule has 1 saturated carbocycles. The fourth-order valence-electron chi connectivity index (χ4n) is 9.08. The molecule has 4 aromatic carbocycles. The van der Waals surface area contributed by atoms with Crippen LogP contribution in [0.5, 0.6) is 0 Å². The fraction of sp³-hybridized carbons (Fsp3) is 0.460. The van der Waals surface area contributed by atoms with E-state index in [0.717, 1.165) is 11.1 Å². The van der Waals surface area contributed by atoms with Gasteiger partial charge >= 0.3 is 0 Å². The zero-order chi connectivity index (χ0) is 67.4. The molecule has 0 aliphatic heterocycles. The Morgan fingerprint density at radius 2 is 0.957 bits per heavy atom. The lowest BCUT2D eigenvalue weighted by Crippen LogP contribution is -2.55. The Morgan fingerprint density at radius 1 is 0.538 bits per heavy atom. The minimum atomic E-state index is -4.08. The molecule has 30 heteroatoms. The van der Waals surface area contributed by atoms with Crippen LogP contribution in [-0.2, 0) is 82.4 Å². The minimum absolute atomic E-state index is 0.0528. The van der Waals surface area contributed by atoms with Crippen LogP contribution in [0.1, 0.15) is 104 Å². The molecule has 0 heterocycles. The number of benzene rings is 4. The lowest BCUT2D eigenvalue weighted by atomic mass is 10.1. The van der Waals surface area contributed by atoms with Crippen molar-refractivity contribution >= 4 is 80.9 Å². The van der Waals surface area contributed by atoms with Crippen molar-refractivity contribution in [2.75, 3.05) is 59.2 Å². The summed E-state index contributed by atoms with van der Waals surface area (Å²) in [6.45, 7) is 0.960. The van der Waals surface area contributed by atoms with Gasteiger partial charge in [0.1, 0.15) is 35.3 Å². The van der Waals surface area contributed by atoms with Gasteiger partial charge in [0, 0.05) is 88.3 Å². The number of aliphatic hydroxyl groups is 2. The highest BCUT2D eigenvalue weighted by Crippen LogP contribution is 2.38. The molecule has 5 atom stereocenters. The highest BCUT2D eigenvalue weighted by atomic mass is 32.2. The number of amidine groups is 2. The third kappa shape index (κ3) is 29.0. The second-order valence-electron chi connectivity index (χ2n) is 22.0. The lowest BCUT2D eigenvalue weighted by molar-refractivity contribution is -0.131. The molecule has 1 aliphatic rings. The van der Waals surface area contributed by atoms with Crippen molar-refractivity contribution in [3.63, 3.8) is 0 Å². The Kier molecular flexibility index (Phi) is 32.9. The second-order valence-corrected chi connectivity index (χ2v) is 24.6. The average molecular weight is 1330 g/mol. The molecule has 1 fully saturated rings. The number of unbranched alkanes of at least 4 members (excludes halogenated alkanes) is 2. The number of amides is 8. The highest BCUT2D eigenvalue weighted by Gasteiger charge is 2.60. The molecule has 0 aromatic heterocycles. The van der Waals surface area contributed by atoms with Gasteiger partial charge in [-0.25, -0.2) is 17.9 Å². The Balaban J connectivity index is 0.885. The molecule has 4 aromatic rings. The van der Waals surface area contributed by atoms with Gasteiger partial charge in [-0.3, -0.25) is 49.2 Å². The summed E-state index contributed by atoms with van der Waals surface area (Å²) < 4.78 is 42.1. The fourth-order valence-corrected chi connectivity index (χ4v) is 11.4. The van der Waals surface area contributed by atoms with E-state index in [-0.39, 0.29) is 146 Å². The van der Waals surface area contributed by atoms with Crippen LogP contribution in [0.25, 0.3) is 0 Å². The van der Waals surface area contributed by atoms with Crippen LogP contribution in [0.15, 0.2) is 109 Å². The standard InChI is InChI=1S/C63H88N14O14S2/c64-57(65)47-21-17-43(18-22-47)38-72-59(84)49(74-61(86)51(40-78)76-93(88,89)42-46-13-5-2-6-14-46)15-7-9-29-68-53(80)25-27-55(82)70-31-33-90-35-36-91-34-32-71-56(83)28-26-54(81)69-30-10-8-16-50(60(85)73-39-44-19-23-48(24-20-44)58(66)67)75-62(87)63(37-52(63)79)77-92-41-45-11-3-1-4-12-45/h1-6,11-14,17-24,49-52,76-79H,7-10,15-16,25-42H2,(H3,64,65)(H3,66,67)(H,68,80)(H,69,81)(H,70,82)(H,71,83)(H,72,84)(H,73,85)(H,74,86)(H,75,87)/t49-,50-,51+,52?,63?/m0/s1. The first-order valence-electron chi connectivity index (χ1n) is 30.7. The van der Waals surface area contributed by atoms with Crippen molar-refractivity contribution in [1.29, 1.82) is 10.8 Å². The van der Waals surface area contributed by atoms with Gasteiger partial charge in [-0.05, 0) is 60.8 Å². The maximum absolute atomic E-state index is 13.6. The molecule has 0 bridgehead atoms. The van der Waals surface area contributed by atoms with Gasteiger partial charge in [0.15, 0.2) is 0 Å². The number of nitrogens with two attached hydrogens (primary N) is 2. The number of rotatable bonds is 46. The molecular formula is C63H88N14O14S2. The first-order chi connectivity index (χ1) is 44.7. The smallest absolute Gasteiger partial charge is 0.244 e. The molecule has 2 unspecified atom stereocenters. The maximum Gasteiger partial charge on any atom is 0.244 e. The number of sulfonamides is 1. The summed E-state index contributed by atoms with van der Waals surface area (Å²) in [6.07, 6.45) is 0.929. The van der Waals surface area contributed by atoms with Gasteiger partial charge < -0.3 is 73.7 Å². The summed E-state index contributed by atoms with van der Waals surface area (Å²) in [7, 11) is -4.08. The average Bonchev–Trinajstić information content (AvgIpc) is 1.62. The zero-order valence-corrected chi connectivity index (χ0v) is 53.6. The van der Waals surface area contributed by atoms with Gasteiger partial charge in [0.05, 0.1) is 44.9 Å². The van der Waals surface area contributed by atoms with Crippen LogP contribution in [0.3, 0.4) is 0 Å². The number of aliphatic hydroxyl groups excluding tert-OH is 2. The summed E-state index contributed by atoms with van der Waals surface area (Å²) in [5.41, 5.74) is 13.8. The van der Waals surface area contributed by atoms with Gasteiger partial charge in [0.25, 0.3) is 0 Å². The third-order valence-corrected chi connectivity index (χ3v) is 16.9. The van der Waals surface area contributed by atoms with Gasteiger partial charge in [-0.2, -0.15) is 0 Å². The molecule has 1 aliphatic carbocycles. The Labute approximate surface area is 546 Å². The van der Waals surface area contributed by atoms with E-state index >= 15 is 0 Å². The van der Waals surface area contributed by atoms with Crippen LogP contribution in [0.4, 0.5) is 0 Å². The van der Waals surface area contributed by atoms with Crippen molar-refractivity contribution in [2.24, 2.45) is 11.5 Å². The predicted octanol–water partition coefficient (Wildman–Crippen LogP) is -0.0222. The van der Waals surface area contributed by atoms with Gasteiger partial charge in [0.2, 0.25) is 57.3 Å². The van der Waals surface area contributed by atoms with E-state index < -0.39 is 75.8 Å². The normalized spacial score (nSPS) is 15.1. The summed E-state index contributed by atoms with van der Waals surface area (Å²) >= 11 is 1.29. The number of nitrogen functional groups attached to an aromatic ring is 2. The van der Waals surface area contributed by atoms with Crippen LogP contribution < -0.4 is 63.4 Å². The van der Waals surface area contributed by atoms with E-state index in [1.807, 2.05) is 30.3 Å². The molecule has 5 rings (SSSR count). The second kappa shape index (κ2) is 40.6. The predicted molar refractivity (Wildman–Crippen MR) is 350 cm³/mol. The van der Waals surface area contributed by atoms with Crippen molar-refractivity contribution in [1.82, 2.24) is 52.0 Å². The van der Waals surface area contributed by atoms with E-state index in [9.17, 15) is 57.0 Å². The number of hydrogen-bond acceptors (Lipinski definition) is 18. The summed E-state index contributed by atoms with van der Waals surface area (Å²) in [4.78, 5) is 104. The van der Waals surface area contributed by atoms with Gasteiger partial charge in [-0.1, -0.05) is 121 Å². The number of nitrogens with one attached hydrogen (secondary N) is 12. The van der Waals surface area contributed by atoms with Crippen LogP contribution in [0.2, 0.25) is 0 Å². The van der Waals surface area contributed by atoms with Crippen LogP contribution >= 0.6 is 11.9 Å². The molecule has 18 N–H and O–H groups in total. The number of hydrogen-bond donors (Lipinski definition) is 16. The quantitative estimate of drug-likeness (QED) is 0.0120.